The minimum atomic E-state index is 0.846. The van der Waals surface area contributed by atoms with Crippen molar-refractivity contribution >= 4 is 0 Å². The predicted molar refractivity (Wildman–Crippen MR) is 89.3 cm³/mol. The molecule has 0 aliphatic carbocycles. The van der Waals surface area contributed by atoms with Gasteiger partial charge < -0.3 is 14.2 Å². The molecule has 0 aromatic carbocycles. The molecule has 0 atom stereocenters. The Kier molecular flexibility index (Phi) is 15.0. The van der Waals surface area contributed by atoms with Crippen LogP contribution in [0, 0.1) is 0 Å². The summed E-state index contributed by atoms with van der Waals surface area (Å²) in [6.45, 7) is 6.06. The van der Waals surface area contributed by atoms with E-state index in [0.29, 0.717) is 0 Å². The zero-order valence-electron chi connectivity index (χ0n) is 14.5. The van der Waals surface area contributed by atoms with Gasteiger partial charge in [0.2, 0.25) is 0 Å². The summed E-state index contributed by atoms with van der Waals surface area (Å²) in [5.74, 6) is 0. The molecule has 0 aromatic heterocycles. The molecule has 0 amide bonds. The van der Waals surface area contributed by atoms with Crippen molar-refractivity contribution in [1.29, 1.82) is 0 Å². The Balaban J connectivity index is 4.03. The summed E-state index contributed by atoms with van der Waals surface area (Å²) in [7, 11) is 3.51. The first-order valence-corrected chi connectivity index (χ1v) is 8.27. The van der Waals surface area contributed by atoms with Crippen LogP contribution in [-0.4, -0.2) is 27.4 Å². The third-order valence-corrected chi connectivity index (χ3v) is 3.57. The summed E-state index contributed by atoms with van der Waals surface area (Å²) in [6.07, 6.45) is 12.7. The lowest BCUT2D eigenvalue weighted by Crippen LogP contribution is -1.91. The van der Waals surface area contributed by atoms with E-state index >= 15 is 0 Å². The first kappa shape index (κ1) is 20.2. The van der Waals surface area contributed by atoms with E-state index in [0.717, 1.165) is 64.6 Å². The number of allylic oxidation sites excluding steroid dienone is 2. The summed E-state index contributed by atoms with van der Waals surface area (Å²) in [4.78, 5) is 0. The third kappa shape index (κ3) is 12.6. The Labute approximate surface area is 131 Å². The maximum absolute atomic E-state index is 5.67. The van der Waals surface area contributed by atoms with Crippen LogP contribution in [0.3, 0.4) is 0 Å². The van der Waals surface area contributed by atoms with Crippen LogP contribution in [0.15, 0.2) is 23.7 Å². The molecule has 0 aliphatic rings. The molecule has 3 nitrogen and oxygen atoms in total. The van der Waals surface area contributed by atoms with E-state index in [2.05, 4.69) is 13.8 Å². The fourth-order valence-corrected chi connectivity index (χ4v) is 2.06. The SMILES string of the molecule is CCC(=COC=C(CC)CCCCOC)CCCCOC. The molecule has 0 fully saturated rings. The molecule has 0 spiro atoms. The van der Waals surface area contributed by atoms with Gasteiger partial charge in [-0.3, -0.25) is 0 Å². The normalized spacial score (nSPS) is 12.8. The Bertz CT molecular complexity index is 254. The van der Waals surface area contributed by atoms with Crippen molar-refractivity contribution < 1.29 is 14.2 Å². The van der Waals surface area contributed by atoms with Gasteiger partial charge in [-0.15, -0.1) is 0 Å². The van der Waals surface area contributed by atoms with E-state index in [1.54, 1.807) is 14.2 Å². The molecule has 0 radical (unpaired) electrons. The highest BCUT2D eigenvalue weighted by molar-refractivity contribution is 5.01. The van der Waals surface area contributed by atoms with Crippen LogP contribution in [0.2, 0.25) is 0 Å². The van der Waals surface area contributed by atoms with Crippen LogP contribution in [0.4, 0.5) is 0 Å². The van der Waals surface area contributed by atoms with Crippen LogP contribution in [0.1, 0.15) is 65.2 Å². The summed E-state index contributed by atoms with van der Waals surface area (Å²) in [6, 6.07) is 0. The van der Waals surface area contributed by atoms with Gasteiger partial charge in [-0.1, -0.05) is 13.8 Å². The molecule has 124 valence electrons. The molecule has 0 N–H and O–H groups in total. The second-order valence-electron chi connectivity index (χ2n) is 5.30. The molecule has 0 saturated heterocycles. The molecule has 0 saturated carbocycles. The Morgan fingerprint density at radius 2 is 1.14 bits per heavy atom. The summed E-state index contributed by atoms with van der Waals surface area (Å²) >= 11 is 0. The molecule has 3 heteroatoms. The van der Waals surface area contributed by atoms with E-state index < -0.39 is 0 Å². The number of hydrogen-bond acceptors (Lipinski definition) is 3. The second-order valence-corrected chi connectivity index (χ2v) is 5.30. The zero-order chi connectivity index (χ0) is 15.8. The maximum Gasteiger partial charge on any atom is 0.0893 e. The average Bonchev–Trinajstić information content (AvgIpc) is 2.51. The first-order chi connectivity index (χ1) is 10.3. The molecule has 0 bridgehead atoms. The van der Waals surface area contributed by atoms with Crippen molar-refractivity contribution in [2.45, 2.75) is 65.2 Å². The standard InChI is InChI=1S/C18H34O3/c1-5-17(11-7-9-13-19-3)15-21-16-18(6-2)12-8-10-14-20-4/h15-16H,5-14H2,1-4H3. The number of methoxy groups -OCH3 is 2. The Morgan fingerprint density at radius 3 is 1.48 bits per heavy atom. The molecule has 0 heterocycles. The monoisotopic (exact) mass is 298 g/mol. The molecule has 0 aliphatic heterocycles. The topological polar surface area (TPSA) is 27.7 Å². The van der Waals surface area contributed by atoms with Crippen molar-refractivity contribution in [1.82, 2.24) is 0 Å². The summed E-state index contributed by atoms with van der Waals surface area (Å²) in [5, 5.41) is 0. The van der Waals surface area contributed by atoms with Crippen molar-refractivity contribution in [2.24, 2.45) is 0 Å². The Morgan fingerprint density at radius 1 is 0.714 bits per heavy atom. The molecular weight excluding hydrogens is 264 g/mol. The maximum atomic E-state index is 5.67. The highest BCUT2D eigenvalue weighted by atomic mass is 16.5. The van der Waals surface area contributed by atoms with Crippen molar-refractivity contribution in [3.63, 3.8) is 0 Å². The predicted octanol–water partition coefficient (Wildman–Crippen LogP) is 5.22. The number of rotatable bonds is 14. The van der Waals surface area contributed by atoms with E-state index in [-0.39, 0.29) is 0 Å². The van der Waals surface area contributed by atoms with Gasteiger partial charge in [-0.2, -0.15) is 0 Å². The van der Waals surface area contributed by atoms with Crippen LogP contribution in [-0.2, 0) is 14.2 Å². The third-order valence-electron chi connectivity index (χ3n) is 3.57. The van der Waals surface area contributed by atoms with Crippen molar-refractivity contribution in [2.75, 3.05) is 27.4 Å². The lowest BCUT2D eigenvalue weighted by Gasteiger charge is -2.06. The molecule has 21 heavy (non-hydrogen) atoms. The highest BCUT2D eigenvalue weighted by Crippen LogP contribution is 2.14. The van der Waals surface area contributed by atoms with Crippen LogP contribution >= 0.6 is 0 Å². The quantitative estimate of drug-likeness (QED) is 0.325. The van der Waals surface area contributed by atoms with Gasteiger partial charge in [0.15, 0.2) is 0 Å². The molecule has 0 unspecified atom stereocenters. The minimum Gasteiger partial charge on any atom is -0.473 e. The number of hydrogen-bond donors (Lipinski definition) is 0. The lowest BCUT2D eigenvalue weighted by molar-refractivity contribution is 0.192. The van der Waals surface area contributed by atoms with Gasteiger partial charge in [-0.05, 0) is 62.5 Å². The van der Waals surface area contributed by atoms with Crippen molar-refractivity contribution in [3.05, 3.63) is 23.7 Å². The summed E-state index contributed by atoms with van der Waals surface area (Å²) < 4.78 is 15.8. The van der Waals surface area contributed by atoms with Gasteiger partial charge in [0.25, 0.3) is 0 Å². The van der Waals surface area contributed by atoms with Gasteiger partial charge in [0.1, 0.15) is 0 Å². The highest BCUT2D eigenvalue weighted by Gasteiger charge is 1.98. The largest absolute Gasteiger partial charge is 0.473 e. The van der Waals surface area contributed by atoms with Gasteiger partial charge >= 0.3 is 0 Å². The van der Waals surface area contributed by atoms with Crippen LogP contribution in [0.5, 0.6) is 0 Å². The number of ether oxygens (including phenoxy) is 3. The fraction of sp³-hybridized carbons (Fsp3) is 0.778. The Hall–Kier alpha value is -0.800. The van der Waals surface area contributed by atoms with E-state index in [9.17, 15) is 0 Å². The molecule has 0 aromatic rings. The van der Waals surface area contributed by atoms with E-state index in [1.807, 2.05) is 12.5 Å². The first-order valence-electron chi connectivity index (χ1n) is 8.27. The van der Waals surface area contributed by atoms with Gasteiger partial charge in [0.05, 0.1) is 12.5 Å². The molecular formula is C18H34O3. The van der Waals surface area contributed by atoms with Gasteiger partial charge in [-0.25, -0.2) is 0 Å². The minimum absolute atomic E-state index is 0.846. The smallest absolute Gasteiger partial charge is 0.0893 e. The van der Waals surface area contributed by atoms with Crippen LogP contribution < -0.4 is 0 Å². The fourth-order valence-electron chi connectivity index (χ4n) is 2.06. The summed E-state index contributed by atoms with van der Waals surface area (Å²) in [5.41, 5.74) is 2.74. The van der Waals surface area contributed by atoms with E-state index in [4.69, 9.17) is 14.2 Å². The van der Waals surface area contributed by atoms with Crippen LogP contribution in [0.25, 0.3) is 0 Å². The van der Waals surface area contributed by atoms with E-state index in [1.165, 1.54) is 11.1 Å². The molecule has 0 rings (SSSR count). The number of unbranched alkanes of at least 4 members (excludes halogenated alkanes) is 2. The lowest BCUT2D eigenvalue weighted by atomic mass is 10.1. The second kappa shape index (κ2) is 15.6. The van der Waals surface area contributed by atoms with Crippen molar-refractivity contribution in [3.8, 4) is 0 Å². The average molecular weight is 298 g/mol. The zero-order valence-corrected chi connectivity index (χ0v) is 14.5. The van der Waals surface area contributed by atoms with Gasteiger partial charge in [0, 0.05) is 27.4 Å².